The Bertz CT molecular complexity index is 4310. The predicted octanol–water partition coefficient (Wildman–Crippen LogP) is 34.6. The fraction of sp³-hybridized carbons (Fsp3) is 0.714. The maximum Gasteiger partial charge on any atom is 0.347 e. The van der Waals surface area contributed by atoms with E-state index in [0.717, 1.165) is 186 Å². The third-order valence-corrected chi connectivity index (χ3v) is 30.1. The highest BCUT2D eigenvalue weighted by molar-refractivity contribution is 5.76. The van der Waals surface area contributed by atoms with E-state index in [0.29, 0.717) is 91.4 Å². The van der Waals surface area contributed by atoms with Gasteiger partial charge in [0, 0.05) is 21.1 Å². The van der Waals surface area contributed by atoms with Crippen molar-refractivity contribution >= 4 is 11.9 Å². The van der Waals surface area contributed by atoms with Crippen LogP contribution in [0.1, 0.15) is 395 Å². The topological polar surface area (TPSA) is 117 Å². The fourth-order valence-corrected chi connectivity index (χ4v) is 21.6. The number of halogens is 10. The molecule has 133 heavy (non-hydrogen) atoms. The van der Waals surface area contributed by atoms with Gasteiger partial charge in [0.1, 0.15) is 12.2 Å². The van der Waals surface area contributed by atoms with E-state index in [9.17, 15) is 53.5 Å². The molecule has 21 heteroatoms. The first-order chi connectivity index (χ1) is 59.5. The zero-order chi connectivity index (χ0) is 88.2. The summed E-state index contributed by atoms with van der Waals surface area (Å²) in [7, 11) is 0. The first-order valence-corrected chi connectivity index (χ1v) is 47.9. The molecule has 0 N–H and O–H groups in total. The highest BCUT2D eigenvalue weighted by Gasteiger charge is 2.40. The molecule has 12 aliphatic rings. The van der Waals surface area contributed by atoms with Crippen molar-refractivity contribution in [3.05, 3.63) is 133 Å². The molecule has 5 heterocycles. The van der Waals surface area contributed by atoms with Crippen LogP contribution in [-0.4, -0.2) is 67.9 Å². The van der Waals surface area contributed by atoms with Crippen LogP contribution in [-0.2, 0) is 51.2 Å². The molecular weight excluding hydrogens is 1710 g/mol. The quantitative estimate of drug-likeness (QED) is 0.0566. The summed E-state index contributed by atoms with van der Waals surface area (Å²) in [6.45, 7) is 20.9. The lowest BCUT2D eigenvalue weighted by atomic mass is 9.69. The van der Waals surface area contributed by atoms with Crippen molar-refractivity contribution in [2.75, 3.05) is 13.2 Å². The van der Waals surface area contributed by atoms with E-state index in [4.69, 9.17) is 42.6 Å². The summed E-state index contributed by atoms with van der Waals surface area (Å²) in [5.74, 6) is -1.75. The molecule has 0 radical (unpaired) electrons. The minimum Gasteiger partial charge on any atom is -0.490 e. The van der Waals surface area contributed by atoms with E-state index in [1.54, 1.807) is 38.1 Å². The molecule has 5 aromatic rings. The molecule has 5 atom stereocenters. The highest BCUT2D eigenvalue weighted by Crippen LogP contribution is 2.48. The van der Waals surface area contributed by atoms with Gasteiger partial charge in [0.2, 0.25) is 40.7 Å². The second-order valence-corrected chi connectivity index (χ2v) is 39.9. The van der Waals surface area contributed by atoms with Gasteiger partial charge in [-0.1, -0.05) is 153 Å². The second-order valence-electron chi connectivity index (χ2n) is 39.9. The first kappa shape index (κ1) is 118. The van der Waals surface area contributed by atoms with Gasteiger partial charge in [-0.05, 0) is 369 Å². The maximum absolute atomic E-state index is 14.4. The summed E-state index contributed by atoms with van der Waals surface area (Å²) < 4.78 is 191. The molecule has 0 amide bonds. The Labute approximate surface area is 807 Å². The molecule has 0 saturated heterocycles. The van der Waals surface area contributed by atoms with Crippen LogP contribution < -0.4 is 33.2 Å². The fourth-order valence-electron chi connectivity index (χ4n) is 21.6. The summed E-state index contributed by atoms with van der Waals surface area (Å²) in [4.78, 5) is 24.9. The van der Waals surface area contributed by atoms with Gasteiger partial charge in [-0.2, -0.15) is 30.7 Å². The van der Waals surface area contributed by atoms with Gasteiger partial charge in [0.05, 0.1) is 43.5 Å². The molecule has 17 rings (SSSR count). The normalized spacial score (nSPS) is 28.0. The monoisotopic (exact) mass is 1900 g/mol. The van der Waals surface area contributed by atoms with E-state index >= 15 is 0 Å². The van der Waals surface area contributed by atoms with Crippen LogP contribution in [0.5, 0.6) is 40.2 Å². The lowest BCUT2D eigenvalue weighted by molar-refractivity contribution is -0.160. The maximum atomic E-state index is 14.4. The van der Waals surface area contributed by atoms with Crippen molar-refractivity contribution in [3.8, 4) is 40.2 Å². The molecule has 0 aromatic heterocycles. The van der Waals surface area contributed by atoms with Crippen LogP contribution in [0.3, 0.4) is 0 Å². The number of carbonyl (C=O) groups is 2. The molecule has 772 valence electrons. The largest absolute Gasteiger partial charge is 0.490 e. The standard InChI is InChI=1S/C24H32F2O3.C24H34F2O2.C19H26F2O.C18H22F2O3.C18H24F2O2.9CH4.7H2/c1-14-3-6-16(7-4-14)17-9-11-18(12-10-17)24(27)29-20-13-19-8-5-15(2)28-23(19)22(26)21(20)25;1-15-3-8-18(9-4-15)19-11-6-17(7-12-19)14-27-21-13-20-10-5-16(2)28-24(20)23(26)22(21)25;1-12-3-5-14(6-4-12)7-9-16-10-8-15-11-13(2)17(20)18(21)19(15)22-16;1-10-3-6-13(7-4-10)22-18(21)14-8-5-12-9-11(2)15(19)16(20)17(12)23-14;1-11-3-6-14(7-4-11)21-10-15-8-5-13-9-12(2)16(19)17(20)18(13)22-15;;;;;;;;;;;;;;;;/h13-18H,3-12H2,1-2H3;13,15-19H,3-12,14H2,1-2H3;11-12,14,16H,3-10H2,1-2H3;9-10,13-14H,3-8H2,1-2H3;9,11,14-15H,3-8,10H2,1-2H3;9*1H4;7*1H. The Kier molecular flexibility index (Phi) is 49.0. The number of fused-ring (bicyclic) bond motifs is 5. The Morgan fingerprint density at radius 2 is 0.632 bits per heavy atom. The SMILES string of the molecule is C.C.C.C.C.C.C.C.C.CC1CCC(C2CCC(C(=O)Oc3cc4c(c(F)c3F)OC(C)CC4)CC2)CC1.CC1CCC(C2CCC(COc3cc4c(c(F)c3F)OC(C)CC4)CC2)CC1.Cc1cc2c(c(F)c1F)OC(C(=O)OC1CCC(C)CC1)CC2.Cc1cc2c(c(F)c1F)OC(CCC1CCC(C)CC1)CC2.Cc1cc2c(c(F)c1F)OC(COC1CCC(C)CC1)CC2.[HH].[HH].[HH].[HH].[HH].[HH].[HH]. The van der Waals surface area contributed by atoms with Crippen molar-refractivity contribution in [2.24, 2.45) is 71.0 Å². The third kappa shape index (κ3) is 31.0. The van der Waals surface area contributed by atoms with Crippen LogP contribution >= 0.6 is 0 Å². The Morgan fingerprint density at radius 1 is 0.308 bits per heavy atom. The number of rotatable bonds is 15. The Balaban J connectivity index is -0.000000806. The van der Waals surface area contributed by atoms with Crippen molar-refractivity contribution < 1.29 is 106 Å². The number of carbonyl (C=O) groups excluding carboxylic acids is 2. The van der Waals surface area contributed by atoms with E-state index in [-0.39, 0.29) is 159 Å². The molecule has 0 bridgehead atoms. The van der Waals surface area contributed by atoms with Gasteiger partial charge in [0.15, 0.2) is 63.8 Å². The molecule has 7 aliphatic carbocycles. The average molecular weight is 1900 g/mol. The van der Waals surface area contributed by atoms with Gasteiger partial charge in [-0.25, -0.2) is 18.0 Å². The molecule has 0 spiro atoms. The lowest BCUT2D eigenvalue weighted by Crippen LogP contribution is -2.36. The van der Waals surface area contributed by atoms with E-state index in [1.807, 2.05) is 13.8 Å². The molecule has 5 unspecified atom stereocenters. The Hall–Kier alpha value is -6.90. The number of hydrogen-bond acceptors (Lipinski definition) is 11. The summed E-state index contributed by atoms with van der Waals surface area (Å²) in [5, 5.41) is 0. The van der Waals surface area contributed by atoms with Crippen LogP contribution in [0.15, 0.2) is 30.3 Å². The van der Waals surface area contributed by atoms with Crippen LogP contribution in [0.2, 0.25) is 0 Å². The minimum atomic E-state index is -1.13. The average Bonchev–Trinajstić information content (AvgIpc) is 0.802. The third-order valence-electron chi connectivity index (χ3n) is 30.1. The summed E-state index contributed by atoms with van der Waals surface area (Å²) in [5.41, 5.74) is 4.44. The number of benzene rings is 5. The molecule has 5 aromatic carbocycles. The van der Waals surface area contributed by atoms with E-state index < -0.39 is 76.2 Å². The van der Waals surface area contributed by atoms with E-state index in [1.165, 1.54) is 116 Å². The molecule has 7 fully saturated rings. The first-order valence-electron chi connectivity index (χ1n) is 47.9. The highest BCUT2D eigenvalue weighted by atomic mass is 19.2. The zero-order valence-corrected chi connectivity index (χ0v) is 75.3. The Morgan fingerprint density at radius 3 is 1.08 bits per heavy atom. The van der Waals surface area contributed by atoms with Crippen molar-refractivity contribution in [1.29, 1.82) is 0 Å². The number of esters is 2. The van der Waals surface area contributed by atoms with Crippen LogP contribution in [0, 0.1) is 150 Å². The number of hydrogen-bond donors (Lipinski definition) is 0. The minimum absolute atomic E-state index is 0. The summed E-state index contributed by atoms with van der Waals surface area (Å²) in [6.07, 6.45) is 41.1. The summed E-state index contributed by atoms with van der Waals surface area (Å²) in [6, 6.07) is 8.08. The summed E-state index contributed by atoms with van der Waals surface area (Å²) >= 11 is 0. The number of aryl methyl sites for hydroxylation is 8. The van der Waals surface area contributed by atoms with Crippen LogP contribution in [0.25, 0.3) is 0 Å². The molecule has 7 saturated carbocycles. The van der Waals surface area contributed by atoms with Gasteiger partial charge in [-0.3, -0.25) is 4.79 Å². The predicted molar refractivity (Wildman–Crippen MR) is 536 cm³/mol. The van der Waals surface area contributed by atoms with E-state index in [2.05, 4.69) is 34.6 Å². The van der Waals surface area contributed by atoms with Crippen molar-refractivity contribution in [3.63, 3.8) is 0 Å². The van der Waals surface area contributed by atoms with Crippen molar-refractivity contribution in [1.82, 2.24) is 0 Å². The van der Waals surface area contributed by atoms with Crippen LogP contribution in [0.4, 0.5) is 43.9 Å². The van der Waals surface area contributed by atoms with Gasteiger partial charge < -0.3 is 42.6 Å². The molecular formula is C112H188F10O11. The van der Waals surface area contributed by atoms with Gasteiger partial charge >= 0.3 is 11.9 Å². The zero-order valence-electron chi connectivity index (χ0n) is 75.3. The molecule has 5 aliphatic heterocycles. The lowest BCUT2D eigenvalue weighted by Gasteiger charge is -2.37. The molecule has 11 nitrogen and oxygen atoms in total. The van der Waals surface area contributed by atoms with Gasteiger partial charge in [0.25, 0.3) is 0 Å². The van der Waals surface area contributed by atoms with Gasteiger partial charge in [-0.15, -0.1) is 0 Å². The second kappa shape index (κ2) is 55.0. The number of ether oxygens (including phenoxy) is 9. The van der Waals surface area contributed by atoms with Crippen molar-refractivity contribution in [2.45, 2.75) is 436 Å². The smallest absolute Gasteiger partial charge is 0.347 e.